The number of nitriles is 1. The lowest BCUT2D eigenvalue weighted by molar-refractivity contribution is 0.354. The van der Waals surface area contributed by atoms with Crippen LogP contribution >= 0.6 is 0 Å². The van der Waals surface area contributed by atoms with Crippen LogP contribution in [0.2, 0.25) is 0 Å². The summed E-state index contributed by atoms with van der Waals surface area (Å²) in [7, 11) is 3.24. The SMILES string of the molecule is COc1ccc(Cn2nc(C#N)c3c2CCNC3)cc1OC. The molecule has 0 spiro atoms. The van der Waals surface area contributed by atoms with Gasteiger partial charge in [0.15, 0.2) is 17.2 Å². The summed E-state index contributed by atoms with van der Waals surface area (Å²) in [5, 5.41) is 17.0. The Morgan fingerprint density at radius 2 is 2.14 bits per heavy atom. The molecule has 0 amide bonds. The van der Waals surface area contributed by atoms with Crippen LogP contribution in [0.15, 0.2) is 18.2 Å². The minimum Gasteiger partial charge on any atom is -0.493 e. The summed E-state index contributed by atoms with van der Waals surface area (Å²) in [6.07, 6.45) is 0.886. The van der Waals surface area contributed by atoms with Crippen molar-refractivity contribution in [2.24, 2.45) is 0 Å². The van der Waals surface area contributed by atoms with Gasteiger partial charge in [0.1, 0.15) is 6.07 Å². The first kappa shape index (κ1) is 14.4. The van der Waals surface area contributed by atoms with E-state index in [2.05, 4.69) is 16.5 Å². The number of hydrogen-bond donors (Lipinski definition) is 1. The van der Waals surface area contributed by atoms with E-state index in [4.69, 9.17) is 9.47 Å². The van der Waals surface area contributed by atoms with Crippen LogP contribution in [0.3, 0.4) is 0 Å². The van der Waals surface area contributed by atoms with E-state index in [1.165, 1.54) is 0 Å². The second-order valence-corrected chi connectivity index (χ2v) is 5.16. The number of rotatable bonds is 4. The minimum atomic E-state index is 0.516. The van der Waals surface area contributed by atoms with Crippen molar-refractivity contribution >= 4 is 0 Å². The average Bonchev–Trinajstić information content (AvgIpc) is 2.93. The molecule has 0 aliphatic carbocycles. The van der Waals surface area contributed by atoms with E-state index in [0.717, 1.165) is 29.8 Å². The van der Waals surface area contributed by atoms with Crippen LogP contribution < -0.4 is 14.8 Å². The van der Waals surface area contributed by atoms with Crippen LogP contribution in [0, 0.1) is 11.3 Å². The van der Waals surface area contributed by atoms with E-state index in [1.54, 1.807) is 14.2 Å². The molecule has 1 aromatic heterocycles. The van der Waals surface area contributed by atoms with E-state index in [9.17, 15) is 5.26 Å². The largest absolute Gasteiger partial charge is 0.493 e. The Bertz CT molecular complexity index is 730. The molecule has 22 heavy (non-hydrogen) atoms. The number of benzene rings is 1. The molecule has 2 aromatic rings. The van der Waals surface area contributed by atoms with E-state index in [0.29, 0.717) is 30.3 Å². The molecule has 0 fully saturated rings. The van der Waals surface area contributed by atoms with Gasteiger partial charge in [0.05, 0.1) is 20.8 Å². The van der Waals surface area contributed by atoms with E-state index >= 15 is 0 Å². The number of methoxy groups -OCH3 is 2. The first-order chi connectivity index (χ1) is 10.8. The first-order valence-corrected chi connectivity index (χ1v) is 7.17. The lowest BCUT2D eigenvalue weighted by atomic mass is 10.1. The van der Waals surface area contributed by atoms with Gasteiger partial charge in [-0.15, -0.1) is 0 Å². The van der Waals surface area contributed by atoms with Gasteiger partial charge in [-0.25, -0.2) is 0 Å². The van der Waals surface area contributed by atoms with Crippen LogP contribution in [0.4, 0.5) is 0 Å². The molecular formula is C16H18N4O2. The number of fused-ring (bicyclic) bond motifs is 1. The van der Waals surface area contributed by atoms with Gasteiger partial charge in [0, 0.05) is 30.8 Å². The highest BCUT2D eigenvalue weighted by Crippen LogP contribution is 2.28. The summed E-state index contributed by atoms with van der Waals surface area (Å²) in [6.45, 7) is 2.24. The predicted molar refractivity (Wildman–Crippen MR) is 81.0 cm³/mol. The molecule has 2 heterocycles. The van der Waals surface area contributed by atoms with Crippen molar-refractivity contribution in [3.63, 3.8) is 0 Å². The van der Waals surface area contributed by atoms with Gasteiger partial charge in [-0.3, -0.25) is 4.68 Å². The summed E-state index contributed by atoms with van der Waals surface area (Å²) < 4.78 is 12.5. The van der Waals surface area contributed by atoms with Crippen molar-refractivity contribution in [2.45, 2.75) is 19.5 Å². The molecule has 0 bridgehead atoms. The summed E-state index contributed by atoms with van der Waals surface area (Å²) in [5.41, 5.74) is 3.74. The molecule has 0 unspecified atom stereocenters. The van der Waals surface area contributed by atoms with Crippen molar-refractivity contribution in [1.29, 1.82) is 5.26 Å². The molecule has 0 saturated carbocycles. The van der Waals surface area contributed by atoms with Gasteiger partial charge in [-0.05, 0) is 17.7 Å². The normalized spacial score (nSPS) is 13.3. The van der Waals surface area contributed by atoms with Gasteiger partial charge < -0.3 is 14.8 Å². The highest BCUT2D eigenvalue weighted by atomic mass is 16.5. The number of nitrogens with one attached hydrogen (secondary N) is 1. The third-order valence-corrected chi connectivity index (χ3v) is 3.89. The Kier molecular flexibility index (Phi) is 3.98. The van der Waals surface area contributed by atoms with Crippen molar-refractivity contribution in [3.8, 4) is 17.6 Å². The lowest BCUT2D eigenvalue weighted by Gasteiger charge is -2.15. The van der Waals surface area contributed by atoms with Gasteiger partial charge in [0.2, 0.25) is 0 Å². The number of ether oxygens (including phenoxy) is 2. The average molecular weight is 298 g/mol. The molecule has 1 aliphatic rings. The summed E-state index contributed by atoms with van der Waals surface area (Å²) in [5.74, 6) is 1.40. The number of nitrogens with zero attached hydrogens (tertiary/aromatic N) is 3. The maximum atomic E-state index is 9.23. The van der Waals surface area contributed by atoms with Crippen LogP contribution in [0.25, 0.3) is 0 Å². The third kappa shape index (κ3) is 2.51. The molecule has 6 nitrogen and oxygen atoms in total. The van der Waals surface area contributed by atoms with Gasteiger partial charge in [0.25, 0.3) is 0 Å². The highest BCUT2D eigenvalue weighted by Gasteiger charge is 2.20. The van der Waals surface area contributed by atoms with Crippen LogP contribution in [0.1, 0.15) is 22.5 Å². The molecule has 6 heteroatoms. The summed E-state index contributed by atoms with van der Waals surface area (Å²) >= 11 is 0. The maximum absolute atomic E-state index is 9.23. The second kappa shape index (κ2) is 6.08. The van der Waals surface area contributed by atoms with Gasteiger partial charge >= 0.3 is 0 Å². The zero-order valence-electron chi connectivity index (χ0n) is 12.7. The first-order valence-electron chi connectivity index (χ1n) is 7.17. The number of hydrogen-bond acceptors (Lipinski definition) is 5. The fourth-order valence-electron chi connectivity index (χ4n) is 2.79. The Morgan fingerprint density at radius 1 is 1.32 bits per heavy atom. The van der Waals surface area contributed by atoms with Crippen molar-refractivity contribution in [2.75, 3.05) is 20.8 Å². The standard InChI is InChI=1S/C16H18N4O2/c1-21-15-4-3-11(7-16(15)22-2)10-20-14-5-6-18-9-12(14)13(8-17)19-20/h3-4,7,18H,5-6,9-10H2,1-2H3. The smallest absolute Gasteiger partial charge is 0.167 e. The zero-order chi connectivity index (χ0) is 15.5. The van der Waals surface area contributed by atoms with Crippen LogP contribution in [-0.2, 0) is 19.5 Å². The topological polar surface area (TPSA) is 72.1 Å². The Morgan fingerprint density at radius 3 is 2.86 bits per heavy atom. The second-order valence-electron chi connectivity index (χ2n) is 5.16. The number of aromatic nitrogens is 2. The van der Waals surface area contributed by atoms with Crippen molar-refractivity contribution < 1.29 is 9.47 Å². The van der Waals surface area contributed by atoms with Gasteiger partial charge in [-0.1, -0.05) is 6.07 Å². The molecule has 114 valence electrons. The fourth-order valence-corrected chi connectivity index (χ4v) is 2.79. The molecule has 1 aromatic carbocycles. The predicted octanol–water partition coefficient (Wildman–Crippen LogP) is 1.47. The molecule has 3 rings (SSSR count). The third-order valence-electron chi connectivity index (χ3n) is 3.89. The lowest BCUT2D eigenvalue weighted by Crippen LogP contribution is -2.25. The van der Waals surface area contributed by atoms with E-state index in [1.807, 2.05) is 22.9 Å². The van der Waals surface area contributed by atoms with Crippen LogP contribution in [-0.4, -0.2) is 30.5 Å². The van der Waals surface area contributed by atoms with E-state index in [-0.39, 0.29) is 0 Å². The molecular weight excluding hydrogens is 280 g/mol. The van der Waals surface area contributed by atoms with Gasteiger partial charge in [-0.2, -0.15) is 10.4 Å². The van der Waals surface area contributed by atoms with Crippen molar-refractivity contribution in [1.82, 2.24) is 15.1 Å². The molecule has 1 aliphatic heterocycles. The quantitative estimate of drug-likeness (QED) is 0.925. The Hall–Kier alpha value is -2.52. The minimum absolute atomic E-state index is 0.516. The molecule has 0 atom stereocenters. The zero-order valence-corrected chi connectivity index (χ0v) is 12.7. The molecule has 0 radical (unpaired) electrons. The maximum Gasteiger partial charge on any atom is 0.167 e. The highest BCUT2D eigenvalue weighted by molar-refractivity contribution is 5.43. The summed E-state index contributed by atoms with van der Waals surface area (Å²) in [6, 6.07) is 8.00. The monoisotopic (exact) mass is 298 g/mol. The Labute approximate surface area is 129 Å². The van der Waals surface area contributed by atoms with Crippen LogP contribution in [0.5, 0.6) is 11.5 Å². The summed E-state index contributed by atoms with van der Waals surface area (Å²) in [4.78, 5) is 0. The van der Waals surface area contributed by atoms with E-state index < -0.39 is 0 Å². The van der Waals surface area contributed by atoms with Crippen molar-refractivity contribution in [3.05, 3.63) is 40.7 Å². The molecule has 0 saturated heterocycles. The fraction of sp³-hybridized carbons (Fsp3) is 0.375. The Balaban J connectivity index is 1.94. The molecule has 1 N–H and O–H groups in total.